The summed E-state index contributed by atoms with van der Waals surface area (Å²) in [5.41, 5.74) is -1.09. The third kappa shape index (κ3) is 2.18. The van der Waals surface area contributed by atoms with E-state index in [0.717, 1.165) is 0 Å². The Morgan fingerprint density at radius 1 is 1.41 bits per heavy atom. The van der Waals surface area contributed by atoms with E-state index in [1.807, 2.05) is 0 Å². The number of carbonyl (C=O) groups excluding carboxylic acids is 2. The molecule has 2 N–H and O–H groups in total. The number of carbonyl (C=O) groups is 2. The molecule has 3 amide bonds. The molecule has 1 spiro atoms. The Balaban J connectivity index is 2.23. The molecule has 2 fully saturated rings. The van der Waals surface area contributed by atoms with Crippen molar-refractivity contribution in [1.29, 1.82) is 0 Å². The van der Waals surface area contributed by atoms with E-state index < -0.39 is 27.5 Å². The van der Waals surface area contributed by atoms with Crippen molar-refractivity contribution in [3.05, 3.63) is 0 Å². The van der Waals surface area contributed by atoms with Crippen LogP contribution in [0.15, 0.2) is 0 Å². The third-order valence-corrected chi connectivity index (χ3v) is 6.11. The molecule has 2 saturated heterocycles. The van der Waals surface area contributed by atoms with Gasteiger partial charge in [0.2, 0.25) is 10.0 Å². The van der Waals surface area contributed by atoms with Crippen LogP contribution in [-0.2, 0) is 14.8 Å². The van der Waals surface area contributed by atoms with Crippen molar-refractivity contribution in [1.82, 2.24) is 14.9 Å². The van der Waals surface area contributed by atoms with Gasteiger partial charge in [0.25, 0.3) is 5.91 Å². The Labute approximate surface area is 107 Å². The molecule has 0 aromatic rings. The molecular weight excluding hydrogens is 314 g/mol. The number of urea groups is 1. The van der Waals surface area contributed by atoms with Gasteiger partial charge >= 0.3 is 6.03 Å². The topological polar surface area (TPSA) is 95.6 Å². The molecule has 2 aliphatic rings. The largest absolute Gasteiger partial charge is 0.322 e. The van der Waals surface area contributed by atoms with E-state index in [1.165, 1.54) is 4.31 Å². The van der Waals surface area contributed by atoms with Gasteiger partial charge in [-0.05, 0) is 12.8 Å². The second-order valence-electron chi connectivity index (χ2n) is 4.15. The van der Waals surface area contributed by atoms with E-state index in [4.69, 9.17) is 0 Å². The Bertz CT molecular complexity index is 465. The summed E-state index contributed by atoms with van der Waals surface area (Å²) in [6, 6.07) is -0.562. The van der Waals surface area contributed by atoms with Crippen LogP contribution in [0, 0.1) is 0 Å². The molecule has 0 aliphatic carbocycles. The lowest BCUT2D eigenvalue weighted by Gasteiger charge is -2.36. The Morgan fingerprint density at radius 3 is 2.65 bits per heavy atom. The Kier molecular flexibility index (Phi) is 3.17. The molecule has 0 aromatic heterocycles. The SMILES string of the molecule is O=C1NC(=O)C2(CCCN(S(=O)(=O)CBr)C2)N1. The number of rotatable bonds is 2. The predicted molar refractivity (Wildman–Crippen MR) is 62.9 cm³/mol. The zero-order chi connectivity index (χ0) is 12.7. The lowest BCUT2D eigenvalue weighted by Crippen LogP contribution is -2.59. The van der Waals surface area contributed by atoms with Crippen LogP contribution in [0.2, 0.25) is 0 Å². The summed E-state index contributed by atoms with van der Waals surface area (Å²) in [7, 11) is -3.41. The van der Waals surface area contributed by atoms with Gasteiger partial charge in [0, 0.05) is 13.1 Å². The van der Waals surface area contributed by atoms with Gasteiger partial charge in [-0.25, -0.2) is 13.2 Å². The smallest absolute Gasteiger partial charge is 0.322 e. The van der Waals surface area contributed by atoms with Crippen molar-refractivity contribution >= 4 is 37.9 Å². The molecule has 1 atom stereocenters. The van der Waals surface area contributed by atoms with Crippen molar-refractivity contribution < 1.29 is 18.0 Å². The highest BCUT2D eigenvalue weighted by Crippen LogP contribution is 2.26. The molecule has 2 aliphatic heterocycles. The van der Waals surface area contributed by atoms with Gasteiger partial charge in [-0.15, -0.1) is 0 Å². The van der Waals surface area contributed by atoms with Crippen LogP contribution >= 0.6 is 15.9 Å². The fourth-order valence-electron chi connectivity index (χ4n) is 2.14. The maximum Gasteiger partial charge on any atom is 0.322 e. The predicted octanol–water partition coefficient (Wildman–Crippen LogP) is -0.657. The molecule has 7 nitrogen and oxygen atoms in total. The number of sulfonamides is 1. The number of piperidine rings is 1. The number of hydrogen-bond acceptors (Lipinski definition) is 4. The average molecular weight is 326 g/mol. The monoisotopic (exact) mass is 325 g/mol. The van der Waals surface area contributed by atoms with Crippen LogP contribution in [0.25, 0.3) is 0 Å². The van der Waals surface area contributed by atoms with Crippen LogP contribution in [0.4, 0.5) is 4.79 Å². The molecule has 0 radical (unpaired) electrons. The highest BCUT2D eigenvalue weighted by atomic mass is 79.9. The first kappa shape index (κ1) is 12.8. The fourth-order valence-corrected chi connectivity index (χ4v) is 3.97. The second-order valence-corrected chi connectivity index (χ2v) is 7.42. The maximum atomic E-state index is 11.7. The molecule has 1 unspecified atom stereocenters. The Morgan fingerprint density at radius 2 is 2.12 bits per heavy atom. The van der Waals surface area contributed by atoms with Crippen molar-refractivity contribution in [3.8, 4) is 0 Å². The van der Waals surface area contributed by atoms with Gasteiger partial charge in [0.15, 0.2) is 0 Å². The van der Waals surface area contributed by atoms with Gasteiger partial charge in [-0.1, -0.05) is 15.9 Å². The second kappa shape index (κ2) is 4.21. The summed E-state index contributed by atoms with van der Waals surface area (Å²) < 4.78 is 24.5. The normalized spacial score (nSPS) is 30.4. The number of nitrogens with zero attached hydrogens (tertiary/aromatic N) is 1. The van der Waals surface area contributed by atoms with Gasteiger partial charge in [0.1, 0.15) is 10.2 Å². The van der Waals surface area contributed by atoms with Crippen LogP contribution in [0.1, 0.15) is 12.8 Å². The van der Waals surface area contributed by atoms with E-state index in [1.54, 1.807) is 0 Å². The van der Waals surface area contributed by atoms with Crippen molar-refractivity contribution in [2.75, 3.05) is 17.8 Å². The van der Waals surface area contributed by atoms with Crippen molar-refractivity contribution in [2.45, 2.75) is 18.4 Å². The van der Waals surface area contributed by atoms with Crippen LogP contribution in [-0.4, -0.2) is 48.0 Å². The van der Waals surface area contributed by atoms with Crippen LogP contribution in [0.5, 0.6) is 0 Å². The minimum atomic E-state index is -3.41. The summed E-state index contributed by atoms with van der Waals surface area (Å²) in [6.45, 7) is 0.372. The van der Waals surface area contributed by atoms with E-state index in [2.05, 4.69) is 26.6 Å². The highest BCUT2D eigenvalue weighted by molar-refractivity contribution is 9.10. The summed E-state index contributed by atoms with van der Waals surface area (Å²) in [4.78, 5) is 22.8. The molecule has 2 heterocycles. The van der Waals surface area contributed by atoms with E-state index >= 15 is 0 Å². The zero-order valence-corrected chi connectivity index (χ0v) is 11.3. The van der Waals surface area contributed by atoms with E-state index in [0.29, 0.717) is 19.4 Å². The number of amides is 3. The minimum Gasteiger partial charge on any atom is -0.322 e. The summed E-state index contributed by atoms with van der Waals surface area (Å²) >= 11 is 2.91. The number of nitrogens with one attached hydrogen (secondary N) is 2. The first-order valence-electron chi connectivity index (χ1n) is 5.07. The van der Waals surface area contributed by atoms with Gasteiger partial charge in [0.05, 0.1) is 0 Å². The molecule has 0 bridgehead atoms. The van der Waals surface area contributed by atoms with Crippen LogP contribution in [0.3, 0.4) is 0 Å². The van der Waals surface area contributed by atoms with Gasteiger partial charge in [-0.2, -0.15) is 4.31 Å². The average Bonchev–Trinajstić information content (AvgIpc) is 2.54. The summed E-state index contributed by atoms with van der Waals surface area (Å²) in [5.74, 6) is -0.447. The number of alkyl halides is 1. The number of halogens is 1. The molecule has 17 heavy (non-hydrogen) atoms. The lowest BCUT2D eigenvalue weighted by atomic mass is 9.90. The highest BCUT2D eigenvalue weighted by Gasteiger charge is 2.50. The molecule has 0 aromatic carbocycles. The lowest BCUT2D eigenvalue weighted by molar-refractivity contribution is -0.125. The first-order valence-corrected chi connectivity index (χ1v) is 7.80. The minimum absolute atomic E-state index is 0.00148. The van der Waals surface area contributed by atoms with Crippen LogP contribution < -0.4 is 10.6 Å². The quantitative estimate of drug-likeness (QED) is 0.520. The molecule has 9 heteroatoms. The first-order chi connectivity index (χ1) is 7.89. The number of hydrogen-bond donors (Lipinski definition) is 2. The summed E-state index contributed by atoms with van der Waals surface area (Å²) in [5, 5.41) is 4.67. The maximum absolute atomic E-state index is 11.7. The van der Waals surface area contributed by atoms with Crippen molar-refractivity contribution in [3.63, 3.8) is 0 Å². The molecule has 2 rings (SSSR count). The number of imide groups is 1. The van der Waals surface area contributed by atoms with Gasteiger partial charge < -0.3 is 5.32 Å². The van der Waals surface area contributed by atoms with E-state index in [9.17, 15) is 18.0 Å². The fraction of sp³-hybridized carbons (Fsp3) is 0.750. The van der Waals surface area contributed by atoms with E-state index in [-0.39, 0.29) is 11.2 Å². The molecule has 0 saturated carbocycles. The summed E-state index contributed by atoms with van der Waals surface area (Å²) in [6.07, 6.45) is 0.999. The third-order valence-electron chi connectivity index (χ3n) is 3.00. The van der Waals surface area contributed by atoms with Crippen molar-refractivity contribution in [2.24, 2.45) is 0 Å². The zero-order valence-electron chi connectivity index (χ0n) is 8.90. The molecule has 96 valence electrons. The van der Waals surface area contributed by atoms with Gasteiger partial charge in [-0.3, -0.25) is 10.1 Å². The molecular formula is C8H12BrN3O4S. The standard InChI is InChI=1S/C8H12BrN3O4S/c9-5-17(15,16)12-3-1-2-8(4-12)6(13)10-7(14)11-8/h1-5H2,(H2,10,11,13,14). The Hall–Kier alpha value is -0.670.